The molecule has 0 spiro atoms. The standard InChI is InChI=1S/C22H24N4/c1-15-8-4-5-10-19(15)14-23-21-13-22(25-17(3)24-21)26-16(2)12-18-9-6-7-11-20(18)26/h4-11,13,16H,12,14H2,1-3H3,(H,23,24,25). The predicted octanol–water partition coefficient (Wildman–Crippen LogP) is 4.79. The third kappa shape index (κ3) is 3.15. The molecule has 1 atom stereocenters. The van der Waals surface area contributed by atoms with Crippen LogP contribution >= 0.6 is 0 Å². The fraction of sp³-hybridized carbons (Fsp3) is 0.273. The molecule has 0 amide bonds. The second kappa shape index (κ2) is 6.79. The monoisotopic (exact) mass is 344 g/mol. The third-order valence-corrected chi connectivity index (χ3v) is 5.00. The first-order valence-corrected chi connectivity index (χ1v) is 9.13. The molecule has 0 saturated carbocycles. The van der Waals surface area contributed by atoms with Crippen molar-refractivity contribution >= 4 is 17.3 Å². The summed E-state index contributed by atoms with van der Waals surface area (Å²) in [5, 5.41) is 3.47. The maximum atomic E-state index is 4.71. The van der Waals surface area contributed by atoms with Crippen LogP contribution in [-0.2, 0) is 13.0 Å². The van der Waals surface area contributed by atoms with Crippen molar-refractivity contribution in [1.29, 1.82) is 0 Å². The van der Waals surface area contributed by atoms with Crippen molar-refractivity contribution in [2.75, 3.05) is 10.2 Å². The molecule has 0 aliphatic carbocycles. The number of aryl methyl sites for hydroxylation is 2. The summed E-state index contributed by atoms with van der Waals surface area (Å²) in [6, 6.07) is 19.5. The summed E-state index contributed by atoms with van der Waals surface area (Å²) in [7, 11) is 0. The van der Waals surface area contributed by atoms with Gasteiger partial charge in [0.1, 0.15) is 17.5 Å². The minimum Gasteiger partial charge on any atom is -0.366 e. The Kier molecular flexibility index (Phi) is 4.33. The van der Waals surface area contributed by atoms with Crippen LogP contribution in [0.1, 0.15) is 29.4 Å². The molecule has 132 valence electrons. The minimum atomic E-state index is 0.394. The molecule has 1 N–H and O–H groups in total. The van der Waals surface area contributed by atoms with Gasteiger partial charge in [-0.2, -0.15) is 0 Å². The number of aromatic nitrogens is 2. The SMILES string of the molecule is Cc1nc(NCc2ccccc2C)cc(N2c3ccccc3CC2C)n1. The van der Waals surface area contributed by atoms with Crippen LogP contribution in [0.4, 0.5) is 17.3 Å². The summed E-state index contributed by atoms with van der Waals surface area (Å²) in [6.07, 6.45) is 1.05. The van der Waals surface area contributed by atoms with Gasteiger partial charge < -0.3 is 10.2 Å². The van der Waals surface area contributed by atoms with Gasteiger partial charge in [-0.05, 0) is 49.9 Å². The number of rotatable bonds is 4. The lowest BCUT2D eigenvalue weighted by atomic mass is 10.1. The Hall–Kier alpha value is -2.88. The van der Waals surface area contributed by atoms with Gasteiger partial charge in [0.05, 0.1) is 0 Å². The molecule has 4 nitrogen and oxygen atoms in total. The average molecular weight is 344 g/mol. The number of nitrogens with one attached hydrogen (secondary N) is 1. The molecular weight excluding hydrogens is 320 g/mol. The number of hydrogen-bond acceptors (Lipinski definition) is 4. The maximum Gasteiger partial charge on any atom is 0.139 e. The van der Waals surface area contributed by atoms with E-state index in [0.717, 1.165) is 30.4 Å². The molecular formula is C22H24N4. The topological polar surface area (TPSA) is 41.1 Å². The largest absolute Gasteiger partial charge is 0.366 e. The molecule has 3 aromatic rings. The fourth-order valence-corrected chi connectivity index (χ4v) is 3.67. The zero-order valence-electron chi connectivity index (χ0n) is 15.5. The van der Waals surface area contributed by atoms with Crippen molar-refractivity contribution in [2.24, 2.45) is 0 Å². The highest BCUT2D eigenvalue weighted by Gasteiger charge is 2.28. The Labute approximate surface area is 154 Å². The second-order valence-corrected chi connectivity index (χ2v) is 6.99. The molecule has 0 fully saturated rings. The fourth-order valence-electron chi connectivity index (χ4n) is 3.67. The van der Waals surface area contributed by atoms with Crippen LogP contribution in [-0.4, -0.2) is 16.0 Å². The Balaban J connectivity index is 1.62. The summed E-state index contributed by atoms with van der Waals surface area (Å²) in [5.74, 6) is 2.61. The highest BCUT2D eigenvalue weighted by atomic mass is 15.2. The molecule has 1 aromatic heterocycles. The molecule has 1 aliphatic rings. The van der Waals surface area contributed by atoms with Crippen LogP contribution in [0, 0.1) is 13.8 Å². The van der Waals surface area contributed by atoms with Gasteiger partial charge in [-0.1, -0.05) is 42.5 Å². The van der Waals surface area contributed by atoms with E-state index in [0.29, 0.717) is 6.04 Å². The van der Waals surface area contributed by atoms with Gasteiger partial charge in [-0.15, -0.1) is 0 Å². The van der Waals surface area contributed by atoms with Crippen molar-refractivity contribution < 1.29 is 0 Å². The average Bonchev–Trinajstić information content (AvgIpc) is 2.96. The van der Waals surface area contributed by atoms with Gasteiger partial charge in [0, 0.05) is 24.3 Å². The van der Waals surface area contributed by atoms with Gasteiger partial charge in [0.2, 0.25) is 0 Å². The Bertz CT molecular complexity index is 935. The maximum absolute atomic E-state index is 4.71. The van der Waals surface area contributed by atoms with Crippen LogP contribution in [0.25, 0.3) is 0 Å². The minimum absolute atomic E-state index is 0.394. The summed E-state index contributed by atoms with van der Waals surface area (Å²) >= 11 is 0. The molecule has 4 heteroatoms. The van der Waals surface area contributed by atoms with Gasteiger partial charge >= 0.3 is 0 Å². The van der Waals surface area contributed by atoms with E-state index in [9.17, 15) is 0 Å². The van der Waals surface area contributed by atoms with E-state index in [1.165, 1.54) is 22.4 Å². The van der Waals surface area contributed by atoms with E-state index in [-0.39, 0.29) is 0 Å². The van der Waals surface area contributed by atoms with Crippen LogP contribution in [0.15, 0.2) is 54.6 Å². The number of para-hydroxylation sites is 1. The van der Waals surface area contributed by atoms with E-state index >= 15 is 0 Å². The lowest BCUT2D eigenvalue weighted by Crippen LogP contribution is -2.25. The lowest BCUT2D eigenvalue weighted by Gasteiger charge is -2.24. The lowest BCUT2D eigenvalue weighted by molar-refractivity contribution is 0.747. The van der Waals surface area contributed by atoms with Gasteiger partial charge in [0.25, 0.3) is 0 Å². The van der Waals surface area contributed by atoms with Crippen LogP contribution in [0.2, 0.25) is 0 Å². The Morgan fingerprint density at radius 1 is 1.04 bits per heavy atom. The van der Waals surface area contributed by atoms with E-state index in [4.69, 9.17) is 4.98 Å². The highest BCUT2D eigenvalue weighted by Crippen LogP contribution is 2.37. The molecule has 1 aliphatic heterocycles. The second-order valence-electron chi connectivity index (χ2n) is 6.99. The Morgan fingerprint density at radius 3 is 2.65 bits per heavy atom. The first-order valence-electron chi connectivity index (χ1n) is 9.13. The predicted molar refractivity (Wildman–Crippen MR) is 107 cm³/mol. The zero-order chi connectivity index (χ0) is 18.1. The van der Waals surface area contributed by atoms with E-state index < -0.39 is 0 Å². The highest BCUT2D eigenvalue weighted by molar-refractivity contribution is 5.70. The molecule has 0 bridgehead atoms. The third-order valence-electron chi connectivity index (χ3n) is 5.00. The van der Waals surface area contributed by atoms with Crippen molar-refractivity contribution in [3.63, 3.8) is 0 Å². The van der Waals surface area contributed by atoms with Gasteiger partial charge in [0.15, 0.2) is 0 Å². The first kappa shape index (κ1) is 16.6. The zero-order valence-corrected chi connectivity index (χ0v) is 15.5. The number of anilines is 3. The normalized spacial score (nSPS) is 15.8. The first-order chi connectivity index (χ1) is 12.6. The van der Waals surface area contributed by atoms with Crippen LogP contribution in [0.5, 0.6) is 0 Å². The van der Waals surface area contributed by atoms with Crippen molar-refractivity contribution in [1.82, 2.24) is 9.97 Å². The number of hydrogen-bond donors (Lipinski definition) is 1. The van der Waals surface area contributed by atoms with Crippen LogP contribution < -0.4 is 10.2 Å². The van der Waals surface area contributed by atoms with Crippen molar-refractivity contribution in [3.8, 4) is 0 Å². The van der Waals surface area contributed by atoms with Gasteiger partial charge in [-0.25, -0.2) is 9.97 Å². The number of benzene rings is 2. The van der Waals surface area contributed by atoms with E-state index in [1.54, 1.807) is 0 Å². The summed E-state index contributed by atoms with van der Waals surface area (Å²) in [5.41, 5.74) is 5.20. The molecule has 2 heterocycles. The molecule has 26 heavy (non-hydrogen) atoms. The van der Waals surface area contributed by atoms with Crippen molar-refractivity contribution in [3.05, 3.63) is 77.1 Å². The van der Waals surface area contributed by atoms with E-state index in [1.807, 2.05) is 6.92 Å². The quantitative estimate of drug-likeness (QED) is 0.739. The molecule has 0 saturated heterocycles. The summed E-state index contributed by atoms with van der Waals surface area (Å²) in [4.78, 5) is 11.6. The molecule has 0 radical (unpaired) electrons. The van der Waals surface area contributed by atoms with Gasteiger partial charge in [-0.3, -0.25) is 0 Å². The molecule has 4 rings (SSSR count). The number of fused-ring (bicyclic) bond motifs is 1. The van der Waals surface area contributed by atoms with E-state index in [2.05, 4.69) is 83.6 Å². The Morgan fingerprint density at radius 2 is 1.81 bits per heavy atom. The molecule has 2 aromatic carbocycles. The molecule has 1 unspecified atom stereocenters. The smallest absolute Gasteiger partial charge is 0.139 e. The van der Waals surface area contributed by atoms with Crippen LogP contribution in [0.3, 0.4) is 0 Å². The number of nitrogens with zero attached hydrogens (tertiary/aromatic N) is 3. The summed E-state index contributed by atoms with van der Waals surface area (Å²) < 4.78 is 0. The van der Waals surface area contributed by atoms with Crippen molar-refractivity contribution in [2.45, 2.75) is 39.8 Å². The summed E-state index contributed by atoms with van der Waals surface area (Å²) in [6.45, 7) is 7.10.